The second-order valence-corrected chi connectivity index (χ2v) is 3.66. The molecule has 0 fully saturated rings. The molecule has 2 aromatic rings. The second-order valence-electron chi connectivity index (χ2n) is 3.66. The molecular weight excluding hydrogens is 179 g/mol. The maximum absolute atomic E-state index is 13.3. The lowest BCUT2D eigenvalue weighted by Crippen LogP contribution is -2.17. The number of hydrogen-bond donors (Lipinski definition) is 2. The molecule has 1 heterocycles. The summed E-state index contributed by atoms with van der Waals surface area (Å²) >= 11 is 0. The largest absolute Gasteiger partial charge is 0.359 e. The fourth-order valence-corrected chi connectivity index (χ4v) is 1.69. The molecule has 74 valence electrons. The minimum absolute atomic E-state index is 0.0947. The standard InChI is InChI=1S/C11H13FN2/c1-7(13)5-8-6-14-11-9(8)3-2-4-10(11)12/h2-4,6-7,14H,5,13H2,1H3. The number of aromatic amines is 1. The van der Waals surface area contributed by atoms with E-state index in [0.717, 1.165) is 17.4 Å². The van der Waals surface area contributed by atoms with E-state index in [9.17, 15) is 4.39 Å². The predicted octanol–water partition coefficient (Wildman–Crippen LogP) is 2.20. The summed E-state index contributed by atoms with van der Waals surface area (Å²) in [5, 5.41) is 0.933. The number of fused-ring (bicyclic) bond motifs is 1. The number of nitrogens with one attached hydrogen (secondary N) is 1. The molecule has 0 saturated carbocycles. The molecule has 0 bridgehead atoms. The third-order valence-corrected chi connectivity index (χ3v) is 2.29. The zero-order chi connectivity index (χ0) is 10.1. The molecule has 3 heteroatoms. The van der Waals surface area contributed by atoms with Crippen LogP contribution in [0.3, 0.4) is 0 Å². The highest BCUT2D eigenvalue weighted by Gasteiger charge is 2.07. The minimum atomic E-state index is -0.210. The Labute approximate surface area is 81.9 Å². The summed E-state index contributed by atoms with van der Waals surface area (Å²) in [5.41, 5.74) is 7.36. The molecule has 1 aromatic heterocycles. The van der Waals surface area contributed by atoms with Crippen LogP contribution in [0.25, 0.3) is 10.9 Å². The molecule has 1 unspecified atom stereocenters. The van der Waals surface area contributed by atoms with E-state index in [1.807, 2.05) is 19.2 Å². The van der Waals surface area contributed by atoms with Crippen LogP contribution in [0.5, 0.6) is 0 Å². The smallest absolute Gasteiger partial charge is 0.147 e. The fraction of sp³-hybridized carbons (Fsp3) is 0.273. The average molecular weight is 192 g/mol. The zero-order valence-electron chi connectivity index (χ0n) is 8.05. The first-order valence-corrected chi connectivity index (χ1v) is 4.68. The van der Waals surface area contributed by atoms with Gasteiger partial charge in [-0.25, -0.2) is 4.39 Å². The van der Waals surface area contributed by atoms with Crippen molar-refractivity contribution in [3.8, 4) is 0 Å². The lowest BCUT2D eigenvalue weighted by atomic mass is 10.1. The summed E-state index contributed by atoms with van der Waals surface area (Å²) < 4.78 is 13.3. The summed E-state index contributed by atoms with van der Waals surface area (Å²) in [7, 11) is 0. The Morgan fingerprint density at radius 1 is 1.50 bits per heavy atom. The van der Waals surface area contributed by atoms with Crippen molar-refractivity contribution in [2.45, 2.75) is 19.4 Å². The Morgan fingerprint density at radius 3 is 3.00 bits per heavy atom. The van der Waals surface area contributed by atoms with Gasteiger partial charge in [0.2, 0.25) is 0 Å². The van der Waals surface area contributed by atoms with Gasteiger partial charge >= 0.3 is 0 Å². The van der Waals surface area contributed by atoms with E-state index in [2.05, 4.69) is 4.98 Å². The predicted molar refractivity (Wildman–Crippen MR) is 55.6 cm³/mol. The molecule has 2 rings (SSSR count). The van der Waals surface area contributed by atoms with Crippen molar-refractivity contribution < 1.29 is 4.39 Å². The van der Waals surface area contributed by atoms with Crippen LogP contribution in [0, 0.1) is 5.82 Å². The molecule has 1 aromatic carbocycles. The number of benzene rings is 1. The topological polar surface area (TPSA) is 41.8 Å². The molecule has 14 heavy (non-hydrogen) atoms. The first-order valence-electron chi connectivity index (χ1n) is 4.68. The van der Waals surface area contributed by atoms with Crippen LogP contribution in [0.1, 0.15) is 12.5 Å². The maximum atomic E-state index is 13.3. The molecule has 0 aliphatic heterocycles. The highest BCUT2D eigenvalue weighted by atomic mass is 19.1. The van der Waals surface area contributed by atoms with Crippen molar-refractivity contribution in [3.63, 3.8) is 0 Å². The van der Waals surface area contributed by atoms with Crippen LogP contribution < -0.4 is 5.73 Å². The molecule has 2 nitrogen and oxygen atoms in total. The number of nitrogens with two attached hydrogens (primary N) is 1. The molecule has 0 aliphatic rings. The molecule has 0 spiro atoms. The second kappa shape index (κ2) is 3.42. The highest BCUT2D eigenvalue weighted by Crippen LogP contribution is 2.21. The average Bonchev–Trinajstić information content (AvgIpc) is 2.49. The molecular formula is C11H13FN2. The maximum Gasteiger partial charge on any atom is 0.147 e. The number of aromatic nitrogens is 1. The number of H-pyrrole nitrogens is 1. The van der Waals surface area contributed by atoms with Crippen LogP contribution in [0.2, 0.25) is 0 Å². The van der Waals surface area contributed by atoms with Crippen molar-refractivity contribution in [2.75, 3.05) is 0 Å². The van der Waals surface area contributed by atoms with Gasteiger partial charge in [-0.15, -0.1) is 0 Å². The Hall–Kier alpha value is -1.35. The van der Waals surface area contributed by atoms with Gasteiger partial charge in [-0.1, -0.05) is 12.1 Å². The van der Waals surface area contributed by atoms with Crippen molar-refractivity contribution in [1.29, 1.82) is 0 Å². The van der Waals surface area contributed by atoms with E-state index < -0.39 is 0 Å². The monoisotopic (exact) mass is 192 g/mol. The Kier molecular flexibility index (Phi) is 2.25. The van der Waals surface area contributed by atoms with E-state index >= 15 is 0 Å². The SMILES string of the molecule is CC(N)Cc1c[nH]c2c(F)cccc12. The fourth-order valence-electron chi connectivity index (χ4n) is 1.69. The van der Waals surface area contributed by atoms with Crippen molar-refractivity contribution in [1.82, 2.24) is 4.98 Å². The number of para-hydroxylation sites is 1. The Balaban J connectivity index is 2.52. The molecule has 3 N–H and O–H groups in total. The van der Waals surface area contributed by atoms with E-state index in [-0.39, 0.29) is 11.9 Å². The quantitative estimate of drug-likeness (QED) is 0.752. The summed E-state index contributed by atoms with van der Waals surface area (Å²) in [5.74, 6) is -0.210. The Morgan fingerprint density at radius 2 is 2.29 bits per heavy atom. The van der Waals surface area contributed by atoms with E-state index in [1.54, 1.807) is 6.07 Å². The van der Waals surface area contributed by atoms with Gasteiger partial charge in [-0.3, -0.25) is 0 Å². The van der Waals surface area contributed by atoms with Gasteiger partial charge in [0.05, 0.1) is 5.52 Å². The highest BCUT2D eigenvalue weighted by molar-refractivity contribution is 5.83. The van der Waals surface area contributed by atoms with E-state index in [1.165, 1.54) is 6.07 Å². The normalized spacial score (nSPS) is 13.4. The molecule has 0 aliphatic carbocycles. The zero-order valence-corrected chi connectivity index (χ0v) is 8.05. The minimum Gasteiger partial charge on any atom is -0.359 e. The van der Waals surface area contributed by atoms with Crippen LogP contribution in [0.4, 0.5) is 4.39 Å². The molecule has 1 atom stereocenters. The van der Waals surface area contributed by atoms with E-state index in [4.69, 9.17) is 5.73 Å². The summed E-state index contributed by atoms with van der Waals surface area (Å²) in [6.07, 6.45) is 2.60. The number of rotatable bonds is 2. The summed E-state index contributed by atoms with van der Waals surface area (Å²) in [4.78, 5) is 2.93. The van der Waals surface area contributed by atoms with Crippen molar-refractivity contribution in [2.24, 2.45) is 5.73 Å². The van der Waals surface area contributed by atoms with Crippen LogP contribution in [-0.4, -0.2) is 11.0 Å². The summed E-state index contributed by atoms with van der Waals surface area (Å²) in [6, 6.07) is 5.18. The number of hydrogen-bond acceptors (Lipinski definition) is 1. The van der Waals surface area contributed by atoms with Gasteiger partial charge in [0, 0.05) is 17.6 Å². The summed E-state index contributed by atoms with van der Waals surface area (Å²) in [6.45, 7) is 1.94. The third-order valence-electron chi connectivity index (χ3n) is 2.29. The van der Waals surface area contributed by atoms with E-state index in [0.29, 0.717) is 5.52 Å². The van der Waals surface area contributed by atoms with Crippen LogP contribution in [-0.2, 0) is 6.42 Å². The first-order chi connectivity index (χ1) is 6.68. The molecule has 0 radical (unpaired) electrons. The van der Waals surface area contributed by atoms with Gasteiger partial charge in [0.1, 0.15) is 5.82 Å². The van der Waals surface area contributed by atoms with Crippen molar-refractivity contribution in [3.05, 3.63) is 35.8 Å². The lowest BCUT2D eigenvalue weighted by Gasteiger charge is -2.02. The van der Waals surface area contributed by atoms with Gasteiger partial charge in [-0.2, -0.15) is 0 Å². The lowest BCUT2D eigenvalue weighted by molar-refractivity contribution is 0.637. The molecule has 0 amide bonds. The first kappa shape index (κ1) is 9.21. The van der Waals surface area contributed by atoms with Crippen LogP contribution in [0.15, 0.2) is 24.4 Å². The van der Waals surface area contributed by atoms with Crippen LogP contribution >= 0.6 is 0 Å². The third kappa shape index (κ3) is 1.51. The van der Waals surface area contributed by atoms with Gasteiger partial charge in [0.15, 0.2) is 0 Å². The molecule has 0 saturated heterocycles. The van der Waals surface area contributed by atoms with Crippen molar-refractivity contribution >= 4 is 10.9 Å². The Bertz CT molecular complexity index is 445. The number of halogens is 1. The van der Waals surface area contributed by atoms with Gasteiger partial charge in [0.25, 0.3) is 0 Å². The van der Waals surface area contributed by atoms with Gasteiger partial charge < -0.3 is 10.7 Å². The van der Waals surface area contributed by atoms with Gasteiger partial charge in [-0.05, 0) is 25.0 Å².